The van der Waals surface area contributed by atoms with Crippen LogP contribution in [0.15, 0.2) is 43.1 Å². The minimum absolute atomic E-state index is 0.00566. The van der Waals surface area contributed by atoms with E-state index in [2.05, 4.69) is 30.4 Å². The van der Waals surface area contributed by atoms with Gasteiger partial charge in [-0.3, -0.25) is 24.2 Å². The van der Waals surface area contributed by atoms with Gasteiger partial charge in [-0.05, 0) is 37.8 Å². The van der Waals surface area contributed by atoms with Crippen molar-refractivity contribution in [1.29, 1.82) is 5.26 Å². The van der Waals surface area contributed by atoms with Gasteiger partial charge in [0.2, 0.25) is 11.9 Å². The monoisotopic (exact) mass is 587 g/mol. The van der Waals surface area contributed by atoms with Crippen molar-refractivity contribution in [3.8, 4) is 17.3 Å². The largest absolute Gasteiger partial charge is 0.394 e. The van der Waals surface area contributed by atoms with Gasteiger partial charge in [-0.2, -0.15) is 10.4 Å². The van der Waals surface area contributed by atoms with Gasteiger partial charge in [-0.25, -0.2) is 19.3 Å². The Kier molecular flexibility index (Phi) is 7.09. The normalized spacial score (nSPS) is 18.3. The zero-order valence-corrected chi connectivity index (χ0v) is 23.0. The molecule has 2 N–H and O–H groups in total. The molecule has 0 spiro atoms. The van der Waals surface area contributed by atoms with Gasteiger partial charge in [-0.15, -0.1) is 0 Å². The van der Waals surface area contributed by atoms with Crippen LogP contribution in [-0.2, 0) is 4.79 Å². The number of halogens is 2. The highest BCUT2D eigenvalue weighted by Crippen LogP contribution is 2.42. The maximum Gasteiger partial charge on any atom is 0.276 e. The average molecular weight is 588 g/mol. The first-order valence-corrected chi connectivity index (χ1v) is 13.5. The number of anilines is 2. The number of benzene rings is 1. The van der Waals surface area contributed by atoms with E-state index in [0.717, 1.165) is 12.8 Å². The second kappa shape index (κ2) is 10.9. The van der Waals surface area contributed by atoms with Gasteiger partial charge in [0.05, 0.1) is 58.3 Å². The van der Waals surface area contributed by atoms with E-state index in [-0.39, 0.29) is 51.7 Å². The van der Waals surface area contributed by atoms with Crippen LogP contribution in [0, 0.1) is 35.9 Å². The van der Waals surface area contributed by atoms with Gasteiger partial charge in [0.15, 0.2) is 5.82 Å². The fourth-order valence-electron chi connectivity index (χ4n) is 5.24. The van der Waals surface area contributed by atoms with E-state index >= 15 is 0 Å². The number of nitrogens with one attached hydrogen (secondary N) is 1. The fourth-order valence-corrected chi connectivity index (χ4v) is 5.40. The number of aliphatic hydroxyl groups excluding tert-OH is 1. The van der Waals surface area contributed by atoms with Crippen molar-refractivity contribution in [2.24, 2.45) is 11.8 Å². The maximum atomic E-state index is 14.8. The smallest absolute Gasteiger partial charge is 0.276 e. The Labute approximate surface area is 243 Å². The maximum absolute atomic E-state index is 14.8. The quantitative estimate of drug-likeness (QED) is 0.330. The van der Waals surface area contributed by atoms with E-state index in [9.17, 15) is 24.3 Å². The van der Waals surface area contributed by atoms with Crippen LogP contribution in [0.3, 0.4) is 0 Å². The third-order valence-electron chi connectivity index (χ3n) is 7.70. The number of hydrogen-bond acceptors (Lipinski definition) is 9. The zero-order chi connectivity index (χ0) is 29.5. The van der Waals surface area contributed by atoms with Gasteiger partial charge >= 0.3 is 0 Å². The molecule has 2 fully saturated rings. The predicted octanol–water partition coefficient (Wildman–Crippen LogP) is 3.31. The van der Waals surface area contributed by atoms with Crippen LogP contribution in [0.25, 0.3) is 11.3 Å². The molecule has 3 aromatic heterocycles. The van der Waals surface area contributed by atoms with Crippen molar-refractivity contribution >= 4 is 35.1 Å². The molecule has 2 amide bonds. The first kappa shape index (κ1) is 27.4. The number of aryl methyl sites for hydroxylation is 1. The van der Waals surface area contributed by atoms with E-state index in [1.807, 2.05) is 6.07 Å². The Morgan fingerprint density at radius 2 is 2.02 bits per heavy atom. The lowest BCUT2D eigenvalue weighted by molar-refractivity contribution is -0.123. The highest BCUT2D eigenvalue weighted by molar-refractivity contribution is 6.31. The summed E-state index contributed by atoms with van der Waals surface area (Å²) in [7, 11) is 0. The molecule has 4 aromatic rings. The Morgan fingerprint density at radius 1 is 1.24 bits per heavy atom. The molecular formula is C28H23ClFN9O3. The third-order valence-corrected chi connectivity index (χ3v) is 7.99. The lowest BCUT2D eigenvalue weighted by atomic mass is 9.76. The predicted molar refractivity (Wildman–Crippen MR) is 148 cm³/mol. The second-order valence-electron chi connectivity index (χ2n) is 10.2. The van der Waals surface area contributed by atoms with Crippen molar-refractivity contribution in [2.45, 2.75) is 25.8 Å². The molecule has 12 nitrogen and oxygen atoms in total. The van der Waals surface area contributed by atoms with E-state index in [4.69, 9.17) is 11.6 Å². The molecule has 42 heavy (non-hydrogen) atoms. The fraction of sp³-hybridized carbons (Fsp3) is 0.286. The summed E-state index contributed by atoms with van der Waals surface area (Å²) in [4.78, 5) is 44.5. The van der Waals surface area contributed by atoms with E-state index in [1.165, 1.54) is 35.4 Å². The van der Waals surface area contributed by atoms with Gasteiger partial charge in [-0.1, -0.05) is 11.6 Å². The third kappa shape index (κ3) is 4.74. The molecule has 0 bridgehead atoms. The highest BCUT2D eigenvalue weighted by atomic mass is 35.5. The van der Waals surface area contributed by atoms with Crippen LogP contribution in [0.1, 0.15) is 46.2 Å². The molecule has 6 rings (SSSR count). The van der Waals surface area contributed by atoms with Crippen molar-refractivity contribution in [2.75, 3.05) is 23.4 Å². The number of nitrogens with zero attached hydrogens (tertiary/aromatic N) is 8. The summed E-state index contributed by atoms with van der Waals surface area (Å²) < 4.78 is 16.3. The van der Waals surface area contributed by atoms with Crippen LogP contribution in [0.4, 0.5) is 16.0 Å². The van der Waals surface area contributed by atoms with Gasteiger partial charge < -0.3 is 10.4 Å². The second-order valence-corrected chi connectivity index (χ2v) is 10.6. The van der Waals surface area contributed by atoms with Crippen LogP contribution in [0.2, 0.25) is 5.02 Å². The van der Waals surface area contributed by atoms with Crippen molar-refractivity contribution in [1.82, 2.24) is 29.7 Å². The number of aromatic nitrogens is 6. The first-order chi connectivity index (χ1) is 20.3. The van der Waals surface area contributed by atoms with Gasteiger partial charge in [0, 0.05) is 36.6 Å². The van der Waals surface area contributed by atoms with Crippen LogP contribution in [0.5, 0.6) is 0 Å². The number of carbonyl (C=O) groups is 2. The minimum atomic E-state index is -0.840. The van der Waals surface area contributed by atoms with Gasteiger partial charge in [0.1, 0.15) is 11.7 Å². The molecule has 1 saturated heterocycles. The number of carbonyl (C=O) groups excluding carboxylic acids is 2. The highest BCUT2D eigenvalue weighted by Gasteiger charge is 2.47. The van der Waals surface area contributed by atoms with Crippen LogP contribution in [-0.4, -0.2) is 59.8 Å². The SMILES string of the molecule is Cc1ncc(-c2c(C#N)ccc(Cl)c2F)nc1C(=O)Nc1cnn(C(CO)c2cnc(N3C[C@H]4CC[C@H]4C3=O)nc2)c1. The average Bonchev–Trinajstić information content (AvgIpc) is 3.51. The standard InChI is InChI=1S/C28H23ClFN9O3/c1-14-25(37-21(10-32-14)23-15(6-31)3-5-20(29)24(23)30)26(41)36-18-9-35-39(12-18)22(13-40)17-7-33-28(34-8-17)38-11-16-2-4-19(16)27(38)42/h3,5,7-10,12,16,19,22,40H,2,4,11,13H2,1H3,(H,36,41)/t16-,19-,22?/m1/s1. The number of fused-ring (bicyclic) bond motifs is 1. The van der Waals surface area contributed by atoms with Crippen molar-refractivity contribution in [3.63, 3.8) is 0 Å². The van der Waals surface area contributed by atoms with Gasteiger partial charge in [0.25, 0.3) is 5.91 Å². The van der Waals surface area contributed by atoms with E-state index in [0.29, 0.717) is 29.7 Å². The summed E-state index contributed by atoms with van der Waals surface area (Å²) in [5.41, 5.74) is 0.866. The number of aliphatic hydroxyl groups is 1. The molecule has 3 atom stereocenters. The topological polar surface area (TPSA) is 163 Å². The minimum Gasteiger partial charge on any atom is -0.394 e. The molecule has 1 saturated carbocycles. The molecule has 0 radical (unpaired) electrons. The zero-order valence-electron chi connectivity index (χ0n) is 22.2. The number of rotatable bonds is 7. The molecule has 1 aliphatic heterocycles. The molecule has 14 heteroatoms. The Morgan fingerprint density at radius 3 is 2.67 bits per heavy atom. The summed E-state index contributed by atoms with van der Waals surface area (Å²) in [6.45, 7) is 1.86. The number of hydrogen-bond donors (Lipinski definition) is 2. The lowest BCUT2D eigenvalue weighted by Crippen LogP contribution is -2.29. The molecule has 4 heterocycles. The van der Waals surface area contributed by atoms with Crippen molar-refractivity contribution in [3.05, 3.63) is 76.5 Å². The molecule has 1 unspecified atom stereocenters. The molecule has 212 valence electrons. The van der Waals surface area contributed by atoms with E-state index < -0.39 is 17.8 Å². The molecule has 2 aliphatic rings. The van der Waals surface area contributed by atoms with Crippen molar-refractivity contribution < 1.29 is 19.1 Å². The van der Waals surface area contributed by atoms with Crippen LogP contribution < -0.4 is 10.2 Å². The molecule has 1 aliphatic carbocycles. The van der Waals surface area contributed by atoms with E-state index in [1.54, 1.807) is 24.2 Å². The lowest BCUT2D eigenvalue weighted by Gasteiger charge is -2.25. The summed E-state index contributed by atoms with van der Waals surface area (Å²) in [6, 6.07) is 3.87. The number of amides is 2. The van der Waals surface area contributed by atoms with Crippen LogP contribution >= 0.6 is 11.6 Å². The molecular weight excluding hydrogens is 565 g/mol. The molecule has 1 aromatic carbocycles. The number of nitriles is 1. The summed E-state index contributed by atoms with van der Waals surface area (Å²) >= 11 is 5.91. The summed E-state index contributed by atoms with van der Waals surface area (Å²) in [5.74, 6) is -0.650. The first-order valence-electron chi connectivity index (χ1n) is 13.1. The Hall–Kier alpha value is -4.80. The Bertz CT molecular complexity index is 1750. The summed E-state index contributed by atoms with van der Waals surface area (Å²) in [5, 5.41) is 26.3. The Balaban J connectivity index is 1.20. The summed E-state index contributed by atoms with van der Waals surface area (Å²) in [6.07, 6.45) is 9.22.